The largest absolute Gasteiger partial charge is 0.342 e. The second-order valence-electron chi connectivity index (χ2n) is 7.68. The van der Waals surface area contributed by atoms with Gasteiger partial charge in [-0.25, -0.2) is 9.38 Å². The number of nitrogens with one attached hydrogen (secondary N) is 1. The van der Waals surface area contributed by atoms with Crippen molar-refractivity contribution in [1.29, 1.82) is 0 Å². The van der Waals surface area contributed by atoms with Crippen LogP contribution in [0, 0.1) is 5.82 Å². The van der Waals surface area contributed by atoms with Crippen LogP contribution in [0.3, 0.4) is 0 Å². The van der Waals surface area contributed by atoms with E-state index in [0.717, 1.165) is 16.5 Å². The maximum absolute atomic E-state index is 14.2. The van der Waals surface area contributed by atoms with Gasteiger partial charge in [0.2, 0.25) is 0 Å². The third-order valence-corrected chi connectivity index (χ3v) is 6.50. The summed E-state index contributed by atoms with van der Waals surface area (Å²) < 4.78 is 16.2. The summed E-state index contributed by atoms with van der Waals surface area (Å²) in [6, 6.07) is 23.4. The molecule has 2 aromatic heterocycles. The Morgan fingerprint density at radius 1 is 1.03 bits per heavy atom. The Morgan fingerprint density at radius 3 is 2.62 bits per heavy atom. The van der Waals surface area contributed by atoms with Crippen molar-refractivity contribution in [3.05, 3.63) is 118 Å². The Hall–Kier alpha value is -3.74. The number of halogens is 2. The van der Waals surface area contributed by atoms with Gasteiger partial charge in [0.25, 0.3) is 5.91 Å². The maximum Gasteiger partial charge on any atom is 0.258 e. The average Bonchev–Trinajstić information content (AvgIpc) is 3.46. The first-order valence-electron chi connectivity index (χ1n) is 10.6. The van der Waals surface area contributed by atoms with E-state index < -0.39 is 0 Å². The first-order chi connectivity index (χ1) is 16.6. The Bertz CT molecular complexity index is 1500. The number of anilines is 1. The zero-order valence-corrected chi connectivity index (χ0v) is 19.5. The summed E-state index contributed by atoms with van der Waals surface area (Å²) in [6.07, 6.45) is 3.72. The fourth-order valence-electron chi connectivity index (χ4n) is 3.75. The highest BCUT2D eigenvalue weighted by Crippen LogP contribution is 2.29. The van der Waals surface area contributed by atoms with Crippen LogP contribution in [0.2, 0.25) is 5.02 Å². The van der Waals surface area contributed by atoms with Crippen LogP contribution >= 0.6 is 22.9 Å². The molecule has 0 bridgehead atoms. The van der Waals surface area contributed by atoms with Crippen molar-refractivity contribution in [1.82, 2.24) is 4.57 Å². The van der Waals surface area contributed by atoms with Gasteiger partial charge in [0.1, 0.15) is 10.8 Å². The number of thiophene rings is 1. The molecule has 4 nitrogen and oxygen atoms in total. The number of benzene rings is 3. The SMILES string of the molecule is O=C(Nc1ccc(Cl)cc1)c1ccsc1/N=C/c1cn(Cc2ccccc2F)c2ccccc12. The Kier molecular flexibility index (Phi) is 6.25. The van der Waals surface area contributed by atoms with Crippen molar-refractivity contribution >= 4 is 56.7 Å². The molecular weight excluding hydrogens is 469 g/mol. The van der Waals surface area contributed by atoms with Crippen molar-refractivity contribution in [2.45, 2.75) is 6.54 Å². The van der Waals surface area contributed by atoms with E-state index in [4.69, 9.17) is 11.6 Å². The quantitative estimate of drug-likeness (QED) is 0.247. The standard InChI is InChI=1S/C27H19ClFN3OS/c28-20-9-11-21(12-10-20)31-26(33)23-13-14-34-27(23)30-15-19-17-32(25-8-4-2-6-22(19)25)16-18-5-1-3-7-24(18)29/h1-15,17H,16H2,(H,31,33)/b30-15+. The molecule has 2 heterocycles. The summed E-state index contributed by atoms with van der Waals surface area (Å²) in [7, 11) is 0. The number of para-hydroxylation sites is 1. The highest BCUT2D eigenvalue weighted by atomic mass is 35.5. The third kappa shape index (κ3) is 4.64. The van der Waals surface area contributed by atoms with E-state index in [-0.39, 0.29) is 11.7 Å². The molecule has 0 aliphatic rings. The van der Waals surface area contributed by atoms with Gasteiger partial charge in [0.05, 0.1) is 12.1 Å². The number of carbonyl (C=O) groups is 1. The number of aliphatic imine (C=N–C) groups is 1. The first-order valence-corrected chi connectivity index (χ1v) is 11.8. The summed E-state index contributed by atoms with van der Waals surface area (Å²) >= 11 is 7.31. The minimum atomic E-state index is -0.238. The molecule has 5 rings (SSSR count). The molecule has 1 amide bonds. The Balaban J connectivity index is 1.42. The summed E-state index contributed by atoms with van der Waals surface area (Å²) in [6.45, 7) is 0.411. The van der Waals surface area contributed by atoms with Crippen molar-refractivity contribution < 1.29 is 9.18 Å². The zero-order valence-electron chi connectivity index (χ0n) is 17.9. The molecule has 5 aromatic rings. The highest BCUT2D eigenvalue weighted by molar-refractivity contribution is 7.14. The van der Waals surface area contributed by atoms with Crippen LogP contribution in [0.15, 0.2) is 95.4 Å². The van der Waals surface area contributed by atoms with E-state index in [0.29, 0.717) is 33.4 Å². The molecular formula is C27H19ClFN3OS. The van der Waals surface area contributed by atoms with Crippen LogP contribution in [-0.4, -0.2) is 16.7 Å². The molecule has 1 N–H and O–H groups in total. The van der Waals surface area contributed by atoms with Gasteiger partial charge in [-0.2, -0.15) is 0 Å². The molecule has 0 aliphatic carbocycles. The number of hydrogen-bond acceptors (Lipinski definition) is 3. The Morgan fingerprint density at radius 2 is 1.79 bits per heavy atom. The molecule has 0 aliphatic heterocycles. The number of hydrogen-bond donors (Lipinski definition) is 1. The number of fused-ring (bicyclic) bond motifs is 1. The zero-order chi connectivity index (χ0) is 23.5. The van der Waals surface area contributed by atoms with E-state index in [1.165, 1.54) is 17.4 Å². The molecule has 0 radical (unpaired) electrons. The molecule has 0 spiro atoms. The van der Waals surface area contributed by atoms with Gasteiger partial charge < -0.3 is 9.88 Å². The van der Waals surface area contributed by atoms with Crippen molar-refractivity contribution in [2.24, 2.45) is 4.99 Å². The molecule has 0 fully saturated rings. The Labute approximate surface area is 205 Å². The molecule has 0 saturated heterocycles. The minimum Gasteiger partial charge on any atom is -0.342 e. The van der Waals surface area contributed by atoms with Gasteiger partial charge >= 0.3 is 0 Å². The van der Waals surface area contributed by atoms with Gasteiger partial charge in [-0.1, -0.05) is 48.0 Å². The molecule has 7 heteroatoms. The minimum absolute atomic E-state index is 0.231. The van der Waals surface area contributed by atoms with Gasteiger partial charge in [-0.15, -0.1) is 11.3 Å². The molecule has 0 atom stereocenters. The second kappa shape index (κ2) is 9.63. The lowest BCUT2D eigenvalue weighted by Gasteiger charge is -2.06. The second-order valence-corrected chi connectivity index (χ2v) is 9.01. The van der Waals surface area contributed by atoms with Crippen LogP contribution in [-0.2, 0) is 6.54 Å². The summed E-state index contributed by atoms with van der Waals surface area (Å²) in [5.41, 5.74) is 3.65. The van der Waals surface area contributed by atoms with E-state index in [1.807, 2.05) is 46.5 Å². The predicted molar refractivity (Wildman–Crippen MR) is 138 cm³/mol. The van der Waals surface area contributed by atoms with Gasteiger partial charge in [-0.05, 0) is 47.8 Å². The van der Waals surface area contributed by atoms with Crippen molar-refractivity contribution in [2.75, 3.05) is 5.32 Å². The summed E-state index contributed by atoms with van der Waals surface area (Å²) in [5, 5.41) is 6.93. The van der Waals surface area contributed by atoms with Crippen molar-refractivity contribution in [3.8, 4) is 0 Å². The molecule has 0 unspecified atom stereocenters. The van der Waals surface area contributed by atoms with E-state index in [1.54, 1.807) is 48.7 Å². The van der Waals surface area contributed by atoms with Gasteiger partial charge in [0.15, 0.2) is 0 Å². The fourth-order valence-corrected chi connectivity index (χ4v) is 4.61. The number of nitrogens with zero attached hydrogens (tertiary/aromatic N) is 2. The van der Waals surface area contributed by atoms with Gasteiger partial charge in [0, 0.05) is 45.2 Å². The lowest BCUT2D eigenvalue weighted by atomic mass is 10.2. The molecule has 168 valence electrons. The number of carbonyl (C=O) groups excluding carboxylic acids is 1. The normalized spacial score (nSPS) is 11.4. The van der Waals surface area contributed by atoms with Crippen LogP contribution in [0.5, 0.6) is 0 Å². The fraction of sp³-hybridized carbons (Fsp3) is 0.0370. The lowest BCUT2D eigenvalue weighted by Crippen LogP contribution is -2.10. The molecule has 3 aromatic carbocycles. The third-order valence-electron chi connectivity index (χ3n) is 5.43. The van der Waals surface area contributed by atoms with E-state index in [2.05, 4.69) is 10.3 Å². The van der Waals surface area contributed by atoms with Crippen molar-refractivity contribution in [3.63, 3.8) is 0 Å². The number of rotatable bonds is 6. The van der Waals surface area contributed by atoms with Crippen LogP contribution in [0.4, 0.5) is 15.1 Å². The van der Waals surface area contributed by atoms with Gasteiger partial charge in [-0.3, -0.25) is 4.79 Å². The first kappa shape index (κ1) is 22.1. The summed E-state index contributed by atoms with van der Waals surface area (Å²) in [5.74, 6) is -0.469. The van der Waals surface area contributed by atoms with Crippen LogP contribution < -0.4 is 5.32 Å². The number of aromatic nitrogens is 1. The monoisotopic (exact) mass is 487 g/mol. The van der Waals surface area contributed by atoms with E-state index >= 15 is 0 Å². The topological polar surface area (TPSA) is 46.4 Å². The highest BCUT2D eigenvalue weighted by Gasteiger charge is 2.14. The molecule has 0 saturated carbocycles. The van der Waals surface area contributed by atoms with Crippen LogP contribution in [0.25, 0.3) is 10.9 Å². The molecule has 34 heavy (non-hydrogen) atoms. The smallest absolute Gasteiger partial charge is 0.258 e. The summed E-state index contributed by atoms with van der Waals surface area (Å²) in [4.78, 5) is 17.4. The maximum atomic E-state index is 14.2. The predicted octanol–water partition coefficient (Wildman–Crippen LogP) is 7.55. The van der Waals surface area contributed by atoms with Crippen LogP contribution in [0.1, 0.15) is 21.5 Å². The average molecular weight is 488 g/mol. The van der Waals surface area contributed by atoms with E-state index in [9.17, 15) is 9.18 Å². The number of amides is 1. The lowest BCUT2D eigenvalue weighted by molar-refractivity contribution is 0.102.